The molecule has 0 heterocycles. The molecular weight excluding hydrogens is 259 g/mol. The van der Waals surface area contributed by atoms with Gasteiger partial charge >= 0.3 is 6.18 Å². The van der Waals surface area contributed by atoms with Crippen LogP contribution in [0.4, 0.5) is 13.2 Å². The zero-order valence-electron chi connectivity index (χ0n) is 10.3. The number of thioether (sulfide) groups is 1. The molecule has 18 heavy (non-hydrogen) atoms. The summed E-state index contributed by atoms with van der Waals surface area (Å²) in [5, 5.41) is 0. The lowest BCUT2D eigenvalue weighted by atomic mass is 10.0. The van der Waals surface area contributed by atoms with Crippen molar-refractivity contribution in [2.45, 2.75) is 43.3 Å². The molecule has 1 unspecified atom stereocenters. The third kappa shape index (κ3) is 5.78. The summed E-state index contributed by atoms with van der Waals surface area (Å²) in [6.07, 6.45) is -4.40. The molecule has 0 saturated heterocycles. The molecule has 1 aromatic carbocycles. The summed E-state index contributed by atoms with van der Waals surface area (Å²) in [6, 6.07) is 7.42. The zero-order chi connectivity index (χ0) is 13.6. The van der Waals surface area contributed by atoms with Crippen molar-refractivity contribution >= 4 is 11.8 Å². The van der Waals surface area contributed by atoms with E-state index < -0.39 is 12.6 Å². The number of alkyl halides is 3. The van der Waals surface area contributed by atoms with Crippen LogP contribution in [0.2, 0.25) is 0 Å². The molecule has 0 aliphatic rings. The Hall–Kier alpha value is -0.680. The topological polar surface area (TPSA) is 26.0 Å². The summed E-state index contributed by atoms with van der Waals surface area (Å²) < 4.78 is 36.0. The fraction of sp³-hybridized carbons (Fsp3) is 0.538. The molecule has 0 aliphatic carbocycles. The molecule has 0 aliphatic heterocycles. The Morgan fingerprint density at radius 1 is 1.22 bits per heavy atom. The minimum absolute atomic E-state index is 0.0795. The lowest BCUT2D eigenvalue weighted by Crippen LogP contribution is -2.13. The molecule has 0 bridgehead atoms. The third-order valence-corrected chi connectivity index (χ3v) is 3.49. The van der Waals surface area contributed by atoms with Crippen molar-refractivity contribution in [3.63, 3.8) is 0 Å². The van der Waals surface area contributed by atoms with E-state index in [1.165, 1.54) is 0 Å². The van der Waals surface area contributed by atoms with Crippen LogP contribution in [0.1, 0.15) is 37.8 Å². The van der Waals surface area contributed by atoms with Crippen molar-refractivity contribution in [2.24, 2.45) is 5.73 Å². The number of hydrogen-bond donors (Lipinski definition) is 1. The Bertz CT molecular complexity index is 348. The van der Waals surface area contributed by atoms with Gasteiger partial charge in [-0.1, -0.05) is 19.1 Å². The molecule has 1 rings (SSSR count). The molecule has 0 fully saturated rings. The lowest BCUT2D eigenvalue weighted by molar-refractivity contribution is -0.135. The van der Waals surface area contributed by atoms with Crippen LogP contribution in [0.25, 0.3) is 0 Å². The Balaban J connectivity index is 2.43. The molecule has 5 heteroatoms. The predicted molar refractivity (Wildman–Crippen MR) is 69.7 cm³/mol. The molecule has 0 aromatic heterocycles. The average molecular weight is 277 g/mol. The van der Waals surface area contributed by atoms with Crippen LogP contribution >= 0.6 is 11.8 Å². The highest BCUT2D eigenvalue weighted by atomic mass is 32.2. The van der Waals surface area contributed by atoms with Crippen LogP contribution in [0, 0.1) is 0 Å². The molecule has 1 aromatic rings. The van der Waals surface area contributed by atoms with Crippen molar-refractivity contribution in [2.75, 3.05) is 5.75 Å². The number of benzene rings is 1. The van der Waals surface area contributed by atoms with E-state index in [1.807, 2.05) is 24.3 Å². The predicted octanol–water partition coefficient (Wildman–Crippen LogP) is 4.53. The molecule has 1 nitrogen and oxygen atoms in total. The van der Waals surface area contributed by atoms with E-state index in [0.29, 0.717) is 6.42 Å². The van der Waals surface area contributed by atoms with E-state index in [2.05, 4.69) is 6.92 Å². The molecule has 102 valence electrons. The van der Waals surface area contributed by atoms with E-state index >= 15 is 0 Å². The highest BCUT2D eigenvalue weighted by Crippen LogP contribution is 2.26. The van der Waals surface area contributed by atoms with Gasteiger partial charge in [0.25, 0.3) is 0 Å². The van der Waals surface area contributed by atoms with Crippen molar-refractivity contribution < 1.29 is 13.2 Å². The van der Waals surface area contributed by atoms with Crippen LogP contribution in [0.3, 0.4) is 0 Å². The smallest absolute Gasteiger partial charge is 0.324 e. The van der Waals surface area contributed by atoms with E-state index in [4.69, 9.17) is 5.73 Å². The largest absolute Gasteiger partial charge is 0.389 e. The molecule has 0 spiro atoms. The Morgan fingerprint density at radius 3 is 2.33 bits per heavy atom. The number of rotatable bonds is 6. The van der Waals surface area contributed by atoms with Gasteiger partial charge in [0.05, 0.1) is 0 Å². The third-order valence-electron chi connectivity index (χ3n) is 2.59. The fourth-order valence-electron chi connectivity index (χ4n) is 1.67. The summed E-state index contributed by atoms with van der Waals surface area (Å²) in [7, 11) is 0. The van der Waals surface area contributed by atoms with E-state index in [0.717, 1.165) is 16.2 Å². The summed E-state index contributed by atoms with van der Waals surface area (Å²) in [6.45, 7) is 2.07. The number of halogens is 3. The van der Waals surface area contributed by atoms with Gasteiger partial charge in [0.2, 0.25) is 0 Å². The van der Waals surface area contributed by atoms with Crippen molar-refractivity contribution in [3.8, 4) is 0 Å². The monoisotopic (exact) mass is 277 g/mol. The first-order valence-corrected chi connectivity index (χ1v) is 6.96. The molecule has 2 N–H and O–H groups in total. The van der Waals surface area contributed by atoms with Crippen LogP contribution in [0.5, 0.6) is 0 Å². The highest BCUT2D eigenvalue weighted by molar-refractivity contribution is 7.99. The lowest BCUT2D eigenvalue weighted by Gasteiger charge is -2.13. The van der Waals surface area contributed by atoms with Gasteiger partial charge in [0, 0.05) is 17.4 Å². The second kappa shape index (κ2) is 7.04. The second-order valence-electron chi connectivity index (χ2n) is 4.12. The fourth-order valence-corrected chi connectivity index (χ4v) is 2.33. The molecule has 1 atom stereocenters. The Labute approximate surface area is 110 Å². The maximum Gasteiger partial charge on any atom is 0.389 e. The van der Waals surface area contributed by atoms with Crippen molar-refractivity contribution in [3.05, 3.63) is 29.8 Å². The maximum absolute atomic E-state index is 12.0. The standard InChI is InChI=1S/C13H18F3NS/c1-2-18-11-7-5-10(6-8-11)12(17)4-3-9-13(14,15)16/h5-8,12H,2-4,9,17H2,1H3. The van der Waals surface area contributed by atoms with Crippen LogP contribution < -0.4 is 5.73 Å². The normalized spacial score (nSPS) is 13.6. The van der Waals surface area contributed by atoms with Gasteiger partial charge in [-0.25, -0.2) is 0 Å². The van der Waals surface area contributed by atoms with Crippen molar-refractivity contribution in [1.82, 2.24) is 0 Å². The first-order valence-electron chi connectivity index (χ1n) is 5.97. The minimum atomic E-state index is -4.08. The number of hydrogen-bond acceptors (Lipinski definition) is 2. The minimum Gasteiger partial charge on any atom is -0.324 e. The van der Waals surface area contributed by atoms with Gasteiger partial charge in [-0.05, 0) is 36.3 Å². The first kappa shape index (κ1) is 15.4. The highest BCUT2D eigenvalue weighted by Gasteiger charge is 2.26. The SMILES string of the molecule is CCSc1ccc(C(N)CCCC(F)(F)F)cc1. The molecular formula is C13H18F3NS. The van der Waals surface area contributed by atoms with Crippen molar-refractivity contribution in [1.29, 1.82) is 0 Å². The molecule has 0 radical (unpaired) electrons. The average Bonchev–Trinajstić information content (AvgIpc) is 2.28. The van der Waals surface area contributed by atoms with E-state index in [9.17, 15) is 13.2 Å². The van der Waals surface area contributed by atoms with Gasteiger partial charge in [-0.15, -0.1) is 11.8 Å². The zero-order valence-corrected chi connectivity index (χ0v) is 11.2. The molecule has 0 saturated carbocycles. The second-order valence-corrected chi connectivity index (χ2v) is 5.45. The summed E-state index contributed by atoms with van der Waals surface area (Å²) in [4.78, 5) is 1.16. The summed E-state index contributed by atoms with van der Waals surface area (Å²) in [5.41, 5.74) is 6.77. The van der Waals surface area contributed by atoms with Crippen LogP contribution in [0.15, 0.2) is 29.2 Å². The van der Waals surface area contributed by atoms with Gasteiger partial charge in [-0.2, -0.15) is 13.2 Å². The van der Waals surface area contributed by atoms with Gasteiger partial charge in [-0.3, -0.25) is 0 Å². The van der Waals surface area contributed by atoms with Crippen LogP contribution in [-0.4, -0.2) is 11.9 Å². The van der Waals surface area contributed by atoms with Gasteiger partial charge in [0.15, 0.2) is 0 Å². The maximum atomic E-state index is 12.0. The quantitative estimate of drug-likeness (QED) is 0.773. The van der Waals surface area contributed by atoms with Gasteiger partial charge < -0.3 is 5.73 Å². The van der Waals surface area contributed by atoms with E-state index in [1.54, 1.807) is 11.8 Å². The summed E-state index contributed by atoms with van der Waals surface area (Å²) >= 11 is 1.73. The van der Waals surface area contributed by atoms with Gasteiger partial charge in [0.1, 0.15) is 0 Å². The summed E-state index contributed by atoms with van der Waals surface area (Å²) in [5.74, 6) is 0.997. The first-order chi connectivity index (χ1) is 8.42. The number of nitrogens with two attached hydrogens (primary N) is 1. The Morgan fingerprint density at radius 2 is 1.83 bits per heavy atom. The molecule has 0 amide bonds. The van der Waals surface area contributed by atoms with E-state index in [-0.39, 0.29) is 12.5 Å². The Kier molecular flexibility index (Phi) is 6.02. The van der Waals surface area contributed by atoms with Crippen LogP contribution in [-0.2, 0) is 0 Å².